The molecule has 0 N–H and O–H groups in total. The molecule has 0 aliphatic carbocycles. The van der Waals surface area contributed by atoms with Gasteiger partial charge in [0.05, 0.1) is 0 Å². The molecular formula is C17H21N3OS. The number of rotatable bonds is 5. The Kier molecular flexibility index (Phi) is 5.19. The highest BCUT2D eigenvalue weighted by Gasteiger charge is 2.20. The van der Waals surface area contributed by atoms with Crippen LogP contribution in [-0.4, -0.2) is 46.9 Å². The summed E-state index contributed by atoms with van der Waals surface area (Å²) in [5.74, 6) is 0.287. The van der Waals surface area contributed by atoms with Crippen molar-refractivity contribution in [1.82, 2.24) is 14.8 Å². The average Bonchev–Trinajstić information content (AvgIpc) is 3.08. The zero-order chi connectivity index (χ0) is 15.2. The van der Waals surface area contributed by atoms with Crippen molar-refractivity contribution in [1.29, 1.82) is 0 Å². The number of hydrogen-bond acceptors (Lipinski definition) is 4. The maximum atomic E-state index is 12.3. The summed E-state index contributed by atoms with van der Waals surface area (Å²) in [5.41, 5.74) is 1.24. The molecule has 1 saturated heterocycles. The highest BCUT2D eigenvalue weighted by atomic mass is 32.1. The molecule has 1 fully saturated rings. The zero-order valence-corrected chi connectivity index (χ0v) is 13.5. The van der Waals surface area contributed by atoms with Gasteiger partial charge in [-0.3, -0.25) is 14.7 Å². The van der Waals surface area contributed by atoms with E-state index in [1.54, 1.807) is 17.5 Å². The van der Waals surface area contributed by atoms with E-state index in [9.17, 15) is 4.79 Å². The fourth-order valence-electron chi connectivity index (χ4n) is 2.75. The molecule has 2 aromatic rings. The number of nitrogens with zero attached hydrogens (tertiary/aromatic N) is 3. The van der Waals surface area contributed by atoms with Crippen LogP contribution in [0.2, 0.25) is 0 Å². The molecule has 0 saturated carbocycles. The van der Waals surface area contributed by atoms with Crippen LogP contribution in [-0.2, 0) is 17.8 Å². The van der Waals surface area contributed by atoms with Gasteiger partial charge in [0.1, 0.15) is 0 Å². The van der Waals surface area contributed by atoms with E-state index in [-0.39, 0.29) is 5.91 Å². The van der Waals surface area contributed by atoms with Gasteiger partial charge in [-0.15, -0.1) is 11.3 Å². The molecule has 1 aliphatic rings. The molecule has 0 unspecified atom stereocenters. The first-order chi connectivity index (χ1) is 10.8. The number of carbonyl (C=O) groups excluding carboxylic acids is 1. The van der Waals surface area contributed by atoms with Gasteiger partial charge in [-0.1, -0.05) is 12.1 Å². The molecule has 0 spiro atoms. The van der Waals surface area contributed by atoms with Crippen molar-refractivity contribution in [2.75, 3.05) is 26.2 Å². The predicted molar refractivity (Wildman–Crippen MR) is 88.7 cm³/mol. The number of aryl methyl sites for hydroxylation is 1. The van der Waals surface area contributed by atoms with E-state index in [2.05, 4.69) is 27.4 Å². The third kappa shape index (κ3) is 4.15. The van der Waals surface area contributed by atoms with Crippen molar-refractivity contribution in [2.45, 2.75) is 19.4 Å². The quantitative estimate of drug-likeness (QED) is 0.850. The Morgan fingerprint density at radius 1 is 1.18 bits per heavy atom. The van der Waals surface area contributed by atoms with E-state index < -0.39 is 0 Å². The summed E-state index contributed by atoms with van der Waals surface area (Å²) in [6.45, 7) is 4.48. The van der Waals surface area contributed by atoms with E-state index >= 15 is 0 Å². The number of amides is 1. The van der Waals surface area contributed by atoms with Gasteiger partial charge >= 0.3 is 0 Å². The van der Waals surface area contributed by atoms with E-state index in [4.69, 9.17) is 0 Å². The average molecular weight is 315 g/mol. The second kappa shape index (κ2) is 7.51. The van der Waals surface area contributed by atoms with Crippen LogP contribution < -0.4 is 0 Å². The van der Waals surface area contributed by atoms with Crippen molar-refractivity contribution >= 4 is 17.2 Å². The van der Waals surface area contributed by atoms with Crippen LogP contribution in [0.4, 0.5) is 0 Å². The van der Waals surface area contributed by atoms with Crippen LogP contribution in [0.5, 0.6) is 0 Å². The lowest BCUT2D eigenvalue weighted by atomic mass is 10.2. The Bertz CT molecular complexity index is 577. The summed E-state index contributed by atoms with van der Waals surface area (Å²) in [6, 6.07) is 8.22. The molecular weight excluding hydrogens is 294 g/mol. The van der Waals surface area contributed by atoms with Gasteiger partial charge < -0.3 is 4.90 Å². The first-order valence-corrected chi connectivity index (χ1v) is 8.60. The molecule has 0 radical (unpaired) electrons. The summed E-state index contributed by atoms with van der Waals surface area (Å²) in [5, 5.41) is 2.07. The minimum Gasteiger partial charge on any atom is -0.340 e. The number of hydrogen-bond donors (Lipinski definition) is 0. The number of thiophene rings is 1. The molecule has 2 aromatic heterocycles. The second-order valence-corrected chi connectivity index (χ2v) is 6.63. The van der Waals surface area contributed by atoms with Crippen LogP contribution in [0.3, 0.4) is 0 Å². The Hall–Kier alpha value is -1.72. The van der Waals surface area contributed by atoms with Crippen molar-refractivity contribution in [2.24, 2.45) is 0 Å². The Morgan fingerprint density at radius 3 is 2.73 bits per heavy atom. The molecule has 0 bridgehead atoms. The minimum absolute atomic E-state index is 0.287. The molecule has 22 heavy (non-hydrogen) atoms. The van der Waals surface area contributed by atoms with Crippen LogP contribution >= 0.6 is 11.3 Å². The molecule has 1 amide bonds. The molecule has 3 rings (SSSR count). The fourth-order valence-corrected chi connectivity index (χ4v) is 3.46. The fraction of sp³-hybridized carbons (Fsp3) is 0.412. The normalized spacial score (nSPS) is 15.9. The summed E-state index contributed by atoms with van der Waals surface area (Å²) >= 11 is 1.73. The molecule has 3 heterocycles. The summed E-state index contributed by atoms with van der Waals surface area (Å²) in [6.07, 6.45) is 5.21. The third-order valence-electron chi connectivity index (χ3n) is 4.02. The first kappa shape index (κ1) is 15.2. The molecule has 5 heteroatoms. The summed E-state index contributed by atoms with van der Waals surface area (Å²) < 4.78 is 0. The Labute approximate surface area is 135 Å². The topological polar surface area (TPSA) is 36.4 Å². The molecule has 4 nitrogen and oxygen atoms in total. The minimum atomic E-state index is 0.287. The van der Waals surface area contributed by atoms with Gasteiger partial charge in [0, 0.05) is 56.4 Å². The van der Waals surface area contributed by atoms with Gasteiger partial charge in [-0.25, -0.2) is 0 Å². The molecule has 0 aromatic carbocycles. The number of aromatic nitrogens is 1. The smallest absolute Gasteiger partial charge is 0.223 e. The Balaban J connectivity index is 1.42. The summed E-state index contributed by atoms with van der Waals surface area (Å²) in [7, 11) is 0. The third-order valence-corrected chi connectivity index (χ3v) is 4.96. The molecule has 116 valence electrons. The number of pyridine rings is 1. The van der Waals surface area contributed by atoms with Gasteiger partial charge in [0.25, 0.3) is 0 Å². The SMILES string of the molecule is O=C(CCc1cccs1)N1CCN(Cc2cccnc2)CC1. The van der Waals surface area contributed by atoms with Crippen LogP contribution in [0.1, 0.15) is 16.9 Å². The molecule has 1 aliphatic heterocycles. The van der Waals surface area contributed by atoms with Crippen molar-refractivity contribution < 1.29 is 4.79 Å². The van der Waals surface area contributed by atoms with Gasteiger partial charge in [-0.2, -0.15) is 0 Å². The zero-order valence-electron chi connectivity index (χ0n) is 12.6. The number of piperazine rings is 1. The van der Waals surface area contributed by atoms with Gasteiger partial charge in [-0.05, 0) is 29.5 Å². The standard InChI is InChI=1S/C17H21N3OS/c21-17(6-5-16-4-2-12-22-16)20-10-8-19(9-11-20)14-15-3-1-7-18-13-15/h1-4,7,12-13H,5-6,8-11,14H2. The number of carbonyl (C=O) groups is 1. The van der Waals surface area contributed by atoms with Gasteiger partial charge in [0.15, 0.2) is 0 Å². The lowest BCUT2D eigenvalue weighted by molar-refractivity contribution is -0.132. The van der Waals surface area contributed by atoms with Gasteiger partial charge in [0.2, 0.25) is 5.91 Å². The van der Waals surface area contributed by atoms with E-state index in [1.165, 1.54) is 10.4 Å². The van der Waals surface area contributed by atoms with E-state index in [0.717, 1.165) is 39.1 Å². The van der Waals surface area contributed by atoms with E-state index in [0.29, 0.717) is 6.42 Å². The van der Waals surface area contributed by atoms with Crippen LogP contribution in [0, 0.1) is 0 Å². The Morgan fingerprint density at radius 2 is 2.05 bits per heavy atom. The highest BCUT2D eigenvalue weighted by molar-refractivity contribution is 7.09. The summed E-state index contributed by atoms with van der Waals surface area (Å²) in [4.78, 5) is 22.1. The first-order valence-electron chi connectivity index (χ1n) is 7.73. The predicted octanol–water partition coefficient (Wildman–Crippen LogP) is 2.42. The second-order valence-electron chi connectivity index (χ2n) is 5.60. The maximum absolute atomic E-state index is 12.3. The van der Waals surface area contributed by atoms with Crippen LogP contribution in [0.15, 0.2) is 42.0 Å². The van der Waals surface area contributed by atoms with Crippen molar-refractivity contribution in [3.8, 4) is 0 Å². The van der Waals surface area contributed by atoms with Crippen molar-refractivity contribution in [3.05, 3.63) is 52.5 Å². The van der Waals surface area contributed by atoms with Crippen LogP contribution in [0.25, 0.3) is 0 Å². The monoisotopic (exact) mass is 315 g/mol. The van der Waals surface area contributed by atoms with E-state index in [1.807, 2.05) is 23.2 Å². The largest absolute Gasteiger partial charge is 0.340 e. The highest BCUT2D eigenvalue weighted by Crippen LogP contribution is 2.13. The molecule has 0 atom stereocenters. The lowest BCUT2D eigenvalue weighted by Crippen LogP contribution is -2.48. The lowest BCUT2D eigenvalue weighted by Gasteiger charge is -2.34. The maximum Gasteiger partial charge on any atom is 0.223 e. The van der Waals surface area contributed by atoms with Crippen molar-refractivity contribution in [3.63, 3.8) is 0 Å².